The maximum absolute atomic E-state index is 13.1. The van der Waals surface area contributed by atoms with Crippen LogP contribution in [0.1, 0.15) is 26.3 Å². The first kappa shape index (κ1) is 20.5. The third-order valence-corrected chi connectivity index (χ3v) is 5.72. The number of nitrogens with zero attached hydrogens (tertiary/aromatic N) is 1. The second kappa shape index (κ2) is 8.28. The number of hydrogen-bond donors (Lipinski definition) is 1. The van der Waals surface area contributed by atoms with Crippen LogP contribution >= 0.6 is 0 Å². The van der Waals surface area contributed by atoms with Crippen LogP contribution in [0.3, 0.4) is 0 Å². The summed E-state index contributed by atoms with van der Waals surface area (Å²) in [7, 11) is 1.72. The quantitative estimate of drug-likeness (QED) is 0.412. The molecule has 1 aliphatic heterocycles. The molecule has 0 radical (unpaired) electrons. The van der Waals surface area contributed by atoms with Gasteiger partial charge in [-0.2, -0.15) is 0 Å². The average Bonchev–Trinajstić information content (AvgIpc) is 2.94. The summed E-state index contributed by atoms with van der Waals surface area (Å²) in [5, 5.41) is 2.89. The number of carbonyl (C=O) groups is 2. The first-order valence-electron chi connectivity index (χ1n) is 10.7. The van der Waals surface area contributed by atoms with Crippen LogP contribution < -0.4 is 15.0 Å². The lowest BCUT2D eigenvalue weighted by Crippen LogP contribution is -2.25. The molecule has 0 aromatic heterocycles. The van der Waals surface area contributed by atoms with E-state index in [9.17, 15) is 9.59 Å². The predicted molar refractivity (Wildman–Crippen MR) is 130 cm³/mol. The number of ether oxygens (including phenoxy) is 1. The molecule has 0 unspecified atom stereocenters. The van der Waals surface area contributed by atoms with Crippen molar-refractivity contribution in [1.29, 1.82) is 0 Å². The van der Waals surface area contributed by atoms with Crippen molar-refractivity contribution in [2.45, 2.75) is 6.92 Å². The Kier molecular flexibility index (Phi) is 5.15. The first-order chi connectivity index (χ1) is 16.0. The number of fused-ring (bicyclic) bond motifs is 2. The minimum absolute atomic E-state index is 0.197. The van der Waals surface area contributed by atoms with Gasteiger partial charge in [0.15, 0.2) is 5.75 Å². The van der Waals surface area contributed by atoms with Gasteiger partial charge in [0.2, 0.25) is 0 Å². The third-order valence-electron chi connectivity index (χ3n) is 5.72. The van der Waals surface area contributed by atoms with Crippen molar-refractivity contribution in [2.24, 2.45) is 0 Å². The van der Waals surface area contributed by atoms with Crippen molar-refractivity contribution >= 4 is 23.2 Å². The number of aryl methyl sites for hydroxylation is 1. The van der Waals surface area contributed by atoms with Crippen LogP contribution in [0.2, 0.25) is 0 Å². The summed E-state index contributed by atoms with van der Waals surface area (Å²) in [6.45, 7) is 1.97. The minimum atomic E-state index is -0.246. The second-order valence-electron chi connectivity index (χ2n) is 8.05. The zero-order chi connectivity index (χ0) is 22.9. The van der Waals surface area contributed by atoms with E-state index in [4.69, 9.17) is 4.74 Å². The molecule has 162 valence electrons. The van der Waals surface area contributed by atoms with Gasteiger partial charge < -0.3 is 15.0 Å². The topological polar surface area (TPSA) is 58.6 Å². The summed E-state index contributed by atoms with van der Waals surface area (Å²) in [4.78, 5) is 27.5. The number of anilines is 2. The summed E-state index contributed by atoms with van der Waals surface area (Å²) >= 11 is 0. The molecule has 1 heterocycles. The molecule has 2 amide bonds. The van der Waals surface area contributed by atoms with Crippen LogP contribution in [-0.2, 0) is 0 Å². The summed E-state index contributed by atoms with van der Waals surface area (Å²) in [6, 6.07) is 28.3. The van der Waals surface area contributed by atoms with Crippen LogP contribution in [0.25, 0.3) is 11.1 Å². The van der Waals surface area contributed by atoms with Gasteiger partial charge in [-0.15, -0.1) is 0 Å². The van der Waals surface area contributed by atoms with Crippen molar-refractivity contribution < 1.29 is 14.3 Å². The fourth-order valence-electron chi connectivity index (χ4n) is 3.90. The fraction of sp³-hybridized carbons (Fsp3) is 0.0714. The highest BCUT2D eigenvalue weighted by molar-refractivity contribution is 6.11. The lowest BCUT2D eigenvalue weighted by atomic mass is 10.0. The van der Waals surface area contributed by atoms with Crippen LogP contribution in [-0.4, -0.2) is 18.9 Å². The lowest BCUT2D eigenvalue weighted by molar-refractivity contribution is 0.0990. The van der Waals surface area contributed by atoms with Gasteiger partial charge in [-0.05, 0) is 66.1 Å². The van der Waals surface area contributed by atoms with Crippen molar-refractivity contribution in [3.05, 3.63) is 108 Å². The largest absolute Gasteiger partial charge is 0.454 e. The normalized spacial score (nSPS) is 12.3. The van der Waals surface area contributed by atoms with E-state index in [0.717, 1.165) is 16.7 Å². The molecule has 1 N–H and O–H groups in total. The van der Waals surface area contributed by atoms with Gasteiger partial charge in [0, 0.05) is 18.3 Å². The van der Waals surface area contributed by atoms with Crippen molar-refractivity contribution in [1.82, 2.24) is 0 Å². The van der Waals surface area contributed by atoms with Crippen LogP contribution in [0, 0.1) is 6.92 Å². The highest BCUT2D eigenvalue weighted by Crippen LogP contribution is 2.39. The first-order valence-corrected chi connectivity index (χ1v) is 10.7. The molecule has 0 fully saturated rings. The highest BCUT2D eigenvalue weighted by Gasteiger charge is 2.26. The molecule has 0 atom stereocenters. The molecule has 0 saturated carbocycles. The smallest absolute Gasteiger partial charge is 0.261 e. The highest BCUT2D eigenvalue weighted by atomic mass is 16.5. The zero-order valence-electron chi connectivity index (χ0n) is 18.3. The molecule has 5 rings (SSSR count). The Morgan fingerprint density at radius 2 is 1.52 bits per heavy atom. The molecule has 0 spiro atoms. The molecule has 0 saturated heterocycles. The Labute approximate surface area is 192 Å². The van der Waals surface area contributed by atoms with E-state index in [1.165, 1.54) is 0 Å². The van der Waals surface area contributed by atoms with Gasteiger partial charge in [-0.3, -0.25) is 9.59 Å². The van der Waals surface area contributed by atoms with E-state index in [1.54, 1.807) is 42.3 Å². The van der Waals surface area contributed by atoms with Crippen LogP contribution in [0.4, 0.5) is 11.4 Å². The molecule has 4 aromatic rings. The van der Waals surface area contributed by atoms with Gasteiger partial charge >= 0.3 is 0 Å². The summed E-state index contributed by atoms with van der Waals surface area (Å²) < 4.78 is 6.02. The number of amides is 2. The SMILES string of the molecule is Cc1ccc2c(c1)N(C)C(=O)c1cc(NC(=O)c3ccc(-c4ccccc4)cc3)ccc1O2. The second-order valence-corrected chi connectivity index (χ2v) is 8.05. The standard InChI is InChI=1S/C28H22N2O3/c1-18-8-14-26-24(16-18)30(2)28(32)23-17-22(13-15-25(23)33-26)29-27(31)21-11-9-20(10-12-21)19-6-4-3-5-7-19/h3-17H,1-2H3,(H,29,31). The predicted octanol–water partition coefficient (Wildman–Crippen LogP) is 6.30. The van der Waals surface area contributed by atoms with E-state index in [1.807, 2.05) is 67.6 Å². The maximum atomic E-state index is 13.1. The Balaban J connectivity index is 1.38. The van der Waals surface area contributed by atoms with Gasteiger partial charge in [-0.25, -0.2) is 0 Å². The number of nitrogens with one attached hydrogen (secondary N) is 1. The molecule has 5 heteroatoms. The fourth-order valence-corrected chi connectivity index (χ4v) is 3.90. The summed E-state index contributed by atoms with van der Waals surface area (Å²) in [5.41, 5.74) is 5.33. The van der Waals surface area contributed by atoms with E-state index in [2.05, 4.69) is 5.32 Å². The van der Waals surface area contributed by atoms with Gasteiger partial charge in [0.25, 0.3) is 11.8 Å². The lowest BCUT2D eigenvalue weighted by Gasteiger charge is -2.16. The molecule has 4 aromatic carbocycles. The third kappa shape index (κ3) is 3.96. The molecule has 5 nitrogen and oxygen atoms in total. The van der Waals surface area contributed by atoms with Crippen molar-refractivity contribution in [3.8, 4) is 22.6 Å². The minimum Gasteiger partial charge on any atom is -0.454 e. The van der Waals surface area contributed by atoms with Crippen molar-refractivity contribution in [3.63, 3.8) is 0 Å². The molecule has 33 heavy (non-hydrogen) atoms. The number of benzene rings is 4. The van der Waals surface area contributed by atoms with E-state index in [0.29, 0.717) is 34.0 Å². The molecule has 0 aliphatic carbocycles. The van der Waals surface area contributed by atoms with Gasteiger partial charge in [-0.1, -0.05) is 48.5 Å². The zero-order valence-corrected chi connectivity index (χ0v) is 18.3. The number of carbonyl (C=O) groups excluding carboxylic acids is 2. The Morgan fingerprint density at radius 3 is 2.27 bits per heavy atom. The van der Waals surface area contributed by atoms with Gasteiger partial charge in [0.1, 0.15) is 5.75 Å². The average molecular weight is 434 g/mol. The molecule has 0 bridgehead atoms. The van der Waals surface area contributed by atoms with Gasteiger partial charge in [0.05, 0.1) is 11.3 Å². The maximum Gasteiger partial charge on any atom is 0.261 e. The molecule has 1 aliphatic rings. The van der Waals surface area contributed by atoms with E-state index < -0.39 is 0 Å². The summed E-state index contributed by atoms with van der Waals surface area (Å²) in [6.07, 6.45) is 0. The van der Waals surface area contributed by atoms with Crippen molar-refractivity contribution in [2.75, 3.05) is 17.3 Å². The Bertz CT molecular complexity index is 1360. The Hall–Kier alpha value is -4.38. The van der Waals surface area contributed by atoms with E-state index in [-0.39, 0.29) is 11.8 Å². The van der Waals surface area contributed by atoms with Crippen LogP contribution in [0.5, 0.6) is 11.5 Å². The number of hydrogen-bond acceptors (Lipinski definition) is 3. The monoisotopic (exact) mass is 434 g/mol. The molecular weight excluding hydrogens is 412 g/mol. The molecular formula is C28H22N2O3. The summed E-state index contributed by atoms with van der Waals surface area (Å²) in [5.74, 6) is 0.631. The Morgan fingerprint density at radius 1 is 0.818 bits per heavy atom. The number of rotatable bonds is 3. The van der Waals surface area contributed by atoms with E-state index >= 15 is 0 Å². The van der Waals surface area contributed by atoms with Crippen LogP contribution in [0.15, 0.2) is 91.0 Å².